The second-order valence-electron chi connectivity index (χ2n) is 5.15. The third-order valence-corrected chi connectivity index (χ3v) is 3.30. The Kier molecular flexibility index (Phi) is 5.46. The van der Waals surface area contributed by atoms with Crippen molar-refractivity contribution in [3.63, 3.8) is 0 Å². The van der Waals surface area contributed by atoms with E-state index in [4.69, 9.17) is 0 Å². The average molecular weight is 315 g/mol. The lowest BCUT2D eigenvalue weighted by molar-refractivity contribution is -0.137. The van der Waals surface area contributed by atoms with Gasteiger partial charge in [0.15, 0.2) is 5.96 Å². The molecule has 0 amide bonds. The Morgan fingerprint density at radius 3 is 2.73 bits per heavy atom. The van der Waals surface area contributed by atoms with Gasteiger partial charge in [0.1, 0.15) is 5.82 Å². The van der Waals surface area contributed by atoms with E-state index in [2.05, 4.69) is 25.9 Å². The quantitative estimate of drug-likeness (QED) is 0.427. The highest BCUT2D eigenvalue weighted by molar-refractivity contribution is 5.79. The first-order chi connectivity index (χ1) is 10.5. The number of hydrogen-bond donors (Lipinski definition) is 3. The van der Waals surface area contributed by atoms with Gasteiger partial charge in [-0.1, -0.05) is 0 Å². The molecular formula is C14H20F3N5. The number of anilines is 1. The van der Waals surface area contributed by atoms with Crippen molar-refractivity contribution in [3.05, 3.63) is 23.9 Å². The van der Waals surface area contributed by atoms with E-state index < -0.39 is 11.7 Å². The van der Waals surface area contributed by atoms with E-state index in [0.29, 0.717) is 19.0 Å². The topological polar surface area (TPSA) is 61.3 Å². The van der Waals surface area contributed by atoms with E-state index in [1.807, 2.05) is 0 Å². The maximum atomic E-state index is 12.8. The normalized spacial score (nSPS) is 15.5. The van der Waals surface area contributed by atoms with Crippen LogP contribution >= 0.6 is 0 Å². The van der Waals surface area contributed by atoms with E-state index in [1.54, 1.807) is 7.05 Å². The molecular weight excluding hydrogens is 295 g/mol. The maximum absolute atomic E-state index is 12.8. The van der Waals surface area contributed by atoms with Crippen LogP contribution in [0.3, 0.4) is 0 Å². The molecule has 0 radical (unpaired) electrons. The molecule has 0 spiro atoms. The van der Waals surface area contributed by atoms with E-state index in [0.717, 1.165) is 18.5 Å². The van der Waals surface area contributed by atoms with Gasteiger partial charge in [-0.25, -0.2) is 4.98 Å². The molecule has 0 aliphatic heterocycles. The number of halogens is 3. The van der Waals surface area contributed by atoms with Crippen LogP contribution in [-0.2, 0) is 6.18 Å². The highest BCUT2D eigenvalue weighted by atomic mass is 19.4. The van der Waals surface area contributed by atoms with E-state index in [9.17, 15) is 13.2 Å². The summed E-state index contributed by atoms with van der Waals surface area (Å²) in [4.78, 5) is 7.81. The van der Waals surface area contributed by atoms with Crippen LogP contribution in [-0.4, -0.2) is 37.6 Å². The first-order valence-electron chi connectivity index (χ1n) is 7.21. The number of guanidine groups is 1. The van der Waals surface area contributed by atoms with Gasteiger partial charge < -0.3 is 16.0 Å². The Morgan fingerprint density at radius 2 is 2.09 bits per heavy atom. The van der Waals surface area contributed by atoms with E-state index >= 15 is 0 Å². The van der Waals surface area contributed by atoms with Gasteiger partial charge in [-0.3, -0.25) is 4.99 Å². The summed E-state index contributed by atoms with van der Waals surface area (Å²) in [7, 11) is 1.66. The van der Waals surface area contributed by atoms with Gasteiger partial charge >= 0.3 is 6.18 Å². The van der Waals surface area contributed by atoms with Crippen LogP contribution in [0, 0.1) is 5.92 Å². The molecule has 0 bridgehead atoms. The summed E-state index contributed by atoms with van der Waals surface area (Å²) in [5, 5.41) is 8.93. The molecule has 0 aromatic carbocycles. The molecule has 1 saturated carbocycles. The van der Waals surface area contributed by atoms with Crippen LogP contribution in [0.15, 0.2) is 23.3 Å². The molecule has 0 unspecified atom stereocenters. The lowest BCUT2D eigenvalue weighted by Gasteiger charge is -2.14. The molecule has 122 valence electrons. The zero-order valence-corrected chi connectivity index (χ0v) is 12.4. The Hall–Kier alpha value is -1.99. The number of rotatable bonds is 6. The summed E-state index contributed by atoms with van der Waals surface area (Å²) in [6.07, 6.45) is -0.593. The number of aliphatic imine (C=N–C) groups is 1. The standard InChI is InChI=1S/C14H20F3N5/c1-18-13(22-9-10-4-5-10)21-8-7-20-12-11(14(15,16)17)3-2-6-19-12/h2-3,6,10H,4-5,7-9H2,1H3,(H,19,20)(H2,18,21,22). The van der Waals surface area contributed by atoms with Crippen molar-refractivity contribution in [3.8, 4) is 0 Å². The molecule has 1 aromatic heterocycles. The van der Waals surface area contributed by atoms with E-state index in [-0.39, 0.29) is 5.82 Å². The monoisotopic (exact) mass is 315 g/mol. The minimum Gasteiger partial charge on any atom is -0.368 e. The molecule has 1 fully saturated rings. The zero-order chi connectivity index (χ0) is 16.0. The van der Waals surface area contributed by atoms with Crippen LogP contribution in [0.1, 0.15) is 18.4 Å². The van der Waals surface area contributed by atoms with Gasteiger partial charge in [0, 0.05) is 32.9 Å². The highest BCUT2D eigenvalue weighted by Crippen LogP contribution is 2.33. The van der Waals surface area contributed by atoms with Gasteiger partial charge in [0.25, 0.3) is 0 Å². The fourth-order valence-corrected chi connectivity index (χ4v) is 1.92. The average Bonchev–Trinajstić information content (AvgIpc) is 3.30. The Labute approximate surface area is 127 Å². The van der Waals surface area contributed by atoms with Crippen molar-refractivity contribution in [2.24, 2.45) is 10.9 Å². The first-order valence-corrected chi connectivity index (χ1v) is 7.21. The third-order valence-electron chi connectivity index (χ3n) is 3.30. The van der Waals surface area contributed by atoms with Crippen LogP contribution in [0.4, 0.5) is 19.0 Å². The minimum absolute atomic E-state index is 0.155. The minimum atomic E-state index is -4.41. The van der Waals surface area contributed by atoms with Gasteiger partial charge in [0.2, 0.25) is 0 Å². The lowest BCUT2D eigenvalue weighted by atomic mass is 10.2. The number of pyridine rings is 1. The second-order valence-corrected chi connectivity index (χ2v) is 5.15. The van der Waals surface area contributed by atoms with Crippen LogP contribution in [0.2, 0.25) is 0 Å². The molecule has 1 aliphatic carbocycles. The van der Waals surface area contributed by atoms with E-state index in [1.165, 1.54) is 25.1 Å². The van der Waals surface area contributed by atoms with Crippen molar-refractivity contribution in [1.82, 2.24) is 15.6 Å². The van der Waals surface area contributed by atoms with Crippen molar-refractivity contribution >= 4 is 11.8 Å². The summed E-state index contributed by atoms with van der Waals surface area (Å²) in [5.74, 6) is 1.23. The molecule has 1 heterocycles. The van der Waals surface area contributed by atoms with Crippen molar-refractivity contribution in [2.75, 3.05) is 32.0 Å². The predicted molar refractivity (Wildman–Crippen MR) is 79.8 cm³/mol. The van der Waals surface area contributed by atoms with Crippen LogP contribution in [0.25, 0.3) is 0 Å². The second kappa shape index (κ2) is 7.33. The zero-order valence-electron chi connectivity index (χ0n) is 12.4. The summed E-state index contributed by atoms with van der Waals surface area (Å²) in [6.45, 7) is 1.63. The van der Waals surface area contributed by atoms with Crippen LogP contribution in [0.5, 0.6) is 0 Å². The SMILES string of the molecule is CN=C(NCCNc1ncccc1C(F)(F)F)NCC1CC1. The summed E-state index contributed by atoms with van der Waals surface area (Å²) < 4.78 is 38.4. The highest BCUT2D eigenvalue weighted by Gasteiger charge is 2.33. The molecule has 2 rings (SSSR count). The largest absolute Gasteiger partial charge is 0.419 e. The van der Waals surface area contributed by atoms with Gasteiger partial charge in [-0.05, 0) is 30.9 Å². The summed E-state index contributed by atoms with van der Waals surface area (Å²) in [5.41, 5.74) is -0.758. The van der Waals surface area contributed by atoms with Gasteiger partial charge in [-0.2, -0.15) is 13.2 Å². The number of hydrogen-bond acceptors (Lipinski definition) is 3. The number of aromatic nitrogens is 1. The molecule has 3 N–H and O–H groups in total. The molecule has 22 heavy (non-hydrogen) atoms. The Morgan fingerprint density at radius 1 is 1.32 bits per heavy atom. The molecule has 0 atom stereocenters. The van der Waals surface area contributed by atoms with Crippen molar-refractivity contribution in [1.29, 1.82) is 0 Å². The van der Waals surface area contributed by atoms with Crippen molar-refractivity contribution in [2.45, 2.75) is 19.0 Å². The molecule has 1 aromatic rings. The lowest BCUT2D eigenvalue weighted by Crippen LogP contribution is -2.40. The van der Waals surface area contributed by atoms with Crippen molar-refractivity contribution < 1.29 is 13.2 Å². The smallest absolute Gasteiger partial charge is 0.368 e. The molecule has 0 saturated heterocycles. The third kappa shape index (κ3) is 5.09. The Balaban J connectivity index is 1.76. The molecule has 1 aliphatic rings. The van der Waals surface area contributed by atoms with Crippen LogP contribution < -0.4 is 16.0 Å². The number of alkyl halides is 3. The number of nitrogens with zero attached hydrogens (tertiary/aromatic N) is 2. The van der Waals surface area contributed by atoms with Gasteiger partial charge in [0.05, 0.1) is 5.56 Å². The fraction of sp³-hybridized carbons (Fsp3) is 0.571. The summed E-state index contributed by atoms with van der Waals surface area (Å²) in [6, 6.07) is 2.29. The predicted octanol–water partition coefficient (Wildman–Crippen LogP) is 2.09. The summed E-state index contributed by atoms with van der Waals surface area (Å²) >= 11 is 0. The fourth-order valence-electron chi connectivity index (χ4n) is 1.92. The maximum Gasteiger partial charge on any atom is 0.419 e. The Bertz CT molecular complexity index is 511. The molecule has 5 nitrogen and oxygen atoms in total. The van der Waals surface area contributed by atoms with Gasteiger partial charge in [-0.15, -0.1) is 0 Å². The first kappa shape index (κ1) is 16.4. The number of nitrogens with one attached hydrogen (secondary N) is 3. The molecule has 8 heteroatoms.